The van der Waals surface area contributed by atoms with Crippen molar-refractivity contribution >= 4 is 11.9 Å². The number of amides is 1. The first kappa shape index (κ1) is 14.5. The second-order valence-corrected chi connectivity index (χ2v) is 4.65. The molecule has 0 N–H and O–H groups in total. The molecule has 0 aromatic heterocycles. The van der Waals surface area contributed by atoms with Gasteiger partial charge in [0, 0.05) is 13.0 Å². The average molecular weight is 277 g/mol. The molecule has 1 saturated heterocycles. The van der Waals surface area contributed by atoms with Crippen LogP contribution >= 0.6 is 0 Å². The maximum absolute atomic E-state index is 11.8. The summed E-state index contributed by atoms with van der Waals surface area (Å²) >= 11 is 0. The van der Waals surface area contributed by atoms with Crippen LogP contribution in [0.3, 0.4) is 0 Å². The Morgan fingerprint density at radius 1 is 1.35 bits per heavy atom. The molecule has 2 rings (SSSR count). The molecular weight excluding hydrogens is 258 g/mol. The van der Waals surface area contributed by atoms with Crippen LogP contribution in [-0.4, -0.2) is 42.6 Å². The first-order chi connectivity index (χ1) is 9.70. The summed E-state index contributed by atoms with van der Waals surface area (Å²) in [6.45, 7) is 3.14. The van der Waals surface area contributed by atoms with E-state index in [4.69, 9.17) is 9.47 Å². The minimum Gasteiger partial charge on any atom is -0.450 e. The van der Waals surface area contributed by atoms with Gasteiger partial charge in [-0.05, 0) is 12.5 Å². The van der Waals surface area contributed by atoms with Gasteiger partial charge in [0.1, 0.15) is 6.10 Å². The van der Waals surface area contributed by atoms with Gasteiger partial charge in [0.25, 0.3) is 0 Å². The molecule has 0 bridgehead atoms. The minimum atomic E-state index is -0.562. The van der Waals surface area contributed by atoms with Gasteiger partial charge < -0.3 is 14.4 Å². The van der Waals surface area contributed by atoms with E-state index < -0.39 is 6.10 Å². The lowest BCUT2D eigenvalue weighted by Crippen LogP contribution is -2.48. The van der Waals surface area contributed by atoms with Crippen LogP contribution in [0.4, 0.5) is 4.79 Å². The Bertz CT molecular complexity index is 460. The van der Waals surface area contributed by atoms with Crippen LogP contribution in [0.25, 0.3) is 0 Å². The van der Waals surface area contributed by atoms with Crippen molar-refractivity contribution in [3.8, 4) is 0 Å². The molecule has 1 amide bonds. The highest BCUT2D eigenvalue weighted by Crippen LogP contribution is 2.13. The normalized spacial score (nSPS) is 18.9. The number of rotatable bonds is 4. The number of carbonyl (C=O) groups is 2. The Morgan fingerprint density at radius 2 is 2.10 bits per heavy atom. The van der Waals surface area contributed by atoms with Gasteiger partial charge in [-0.15, -0.1) is 0 Å². The maximum Gasteiger partial charge on any atom is 0.409 e. The van der Waals surface area contributed by atoms with E-state index in [9.17, 15) is 9.59 Å². The molecule has 0 saturated carbocycles. The van der Waals surface area contributed by atoms with Crippen molar-refractivity contribution in [2.24, 2.45) is 0 Å². The number of carbonyl (C=O) groups excluding carboxylic acids is 2. The number of ketones is 1. The lowest BCUT2D eigenvalue weighted by Gasteiger charge is -2.30. The van der Waals surface area contributed by atoms with E-state index in [1.54, 1.807) is 6.92 Å². The number of nitrogens with zero attached hydrogens (tertiary/aromatic N) is 1. The SMILES string of the molecule is CCOC(=O)N1CCC(=O)[C@H](OCc2ccccc2)C1. The van der Waals surface area contributed by atoms with Crippen molar-refractivity contribution in [2.45, 2.75) is 26.1 Å². The van der Waals surface area contributed by atoms with Crippen molar-refractivity contribution in [3.05, 3.63) is 35.9 Å². The highest BCUT2D eigenvalue weighted by molar-refractivity contribution is 5.85. The van der Waals surface area contributed by atoms with Crippen LogP contribution in [0.5, 0.6) is 0 Å². The largest absolute Gasteiger partial charge is 0.450 e. The van der Waals surface area contributed by atoms with Crippen LogP contribution in [-0.2, 0) is 20.9 Å². The first-order valence-electron chi connectivity index (χ1n) is 6.80. The molecule has 0 aliphatic carbocycles. The summed E-state index contributed by atoms with van der Waals surface area (Å²) in [5.41, 5.74) is 1.01. The molecular formula is C15H19NO4. The van der Waals surface area contributed by atoms with Gasteiger partial charge in [-0.25, -0.2) is 4.79 Å². The predicted octanol–water partition coefficient (Wildman–Crippen LogP) is 2.00. The third-order valence-corrected chi connectivity index (χ3v) is 3.19. The molecule has 1 aliphatic heterocycles. The summed E-state index contributed by atoms with van der Waals surface area (Å²) in [4.78, 5) is 25.0. The summed E-state index contributed by atoms with van der Waals surface area (Å²) in [6.07, 6.45) is -0.625. The molecule has 1 fully saturated rings. The number of piperidine rings is 1. The summed E-state index contributed by atoms with van der Waals surface area (Å²) < 4.78 is 10.6. The second kappa shape index (κ2) is 7.05. The molecule has 0 unspecified atom stereocenters. The predicted molar refractivity (Wildman–Crippen MR) is 73.2 cm³/mol. The summed E-state index contributed by atoms with van der Waals surface area (Å²) in [5, 5.41) is 0. The van der Waals surface area contributed by atoms with Gasteiger partial charge in [0.05, 0.1) is 19.8 Å². The Morgan fingerprint density at radius 3 is 2.80 bits per heavy atom. The minimum absolute atomic E-state index is 0.0430. The Balaban J connectivity index is 1.89. The molecule has 0 spiro atoms. The molecule has 1 aliphatic rings. The van der Waals surface area contributed by atoms with Crippen LogP contribution in [0.15, 0.2) is 30.3 Å². The number of benzene rings is 1. The summed E-state index contributed by atoms with van der Waals surface area (Å²) in [5.74, 6) is 0.0430. The van der Waals surface area contributed by atoms with Crippen molar-refractivity contribution in [1.29, 1.82) is 0 Å². The highest BCUT2D eigenvalue weighted by atomic mass is 16.6. The number of Topliss-reactive ketones (excluding diaryl/α,β-unsaturated/α-hetero) is 1. The fraction of sp³-hybridized carbons (Fsp3) is 0.467. The van der Waals surface area contributed by atoms with Gasteiger partial charge in [-0.3, -0.25) is 4.79 Å². The van der Waals surface area contributed by atoms with Crippen LogP contribution in [0.2, 0.25) is 0 Å². The van der Waals surface area contributed by atoms with Crippen LogP contribution < -0.4 is 0 Å². The number of hydrogen-bond donors (Lipinski definition) is 0. The Hall–Kier alpha value is -1.88. The molecule has 1 atom stereocenters. The molecule has 0 radical (unpaired) electrons. The van der Waals surface area contributed by atoms with Gasteiger partial charge >= 0.3 is 6.09 Å². The number of hydrogen-bond acceptors (Lipinski definition) is 4. The molecule has 5 nitrogen and oxygen atoms in total. The molecule has 108 valence electrons. The summed E-state index contributed by atoms with van der Waals surface area (Å²) in [7, 11) is 0. The molecule has 20 heavy (non-hydrogen) atoms. The van der Waals surface area contributed by atoms with Crippen molar-refractivity contribution in [1.82, 2.24) is 4.90 Å². The van der Waals surface area contributed by atoms with Crippen LogP contribution in [0, 0.1) is 0 Å². The average Bonchev–Trinajstić information content (AvgIpc) is 2.47. The molecule has 1 heterocycles. The Labute approximate surface area is 118 Å². The zero-order valence-corrected chi connectivity index (χ0v) is 11.6. The van der Waals surface area contributed by atoms with Gasteiger partial charge in [-0.1, -0.05) is 30.3 Å². The van der Waals surface area contributed by atoms with E-state index in [0.29, 0.717) is 26.2 Å². The smallest absolute Gasteiger partial charge is 0.409 e. The van der Waals surface area contributed by atoms with E-state index in [-0.39, 0.29) is 18.4 Å². The van der Waals surface area contributed by atoms with Gasteiger partial charge in [-0.2, -0.15) is 0 Å². The van der Waals surface area contributed by atoms with Crippen molar-refractivity contribution in [2.75, 3.05) is 19.7 Å². The highest BCUT2D eigenvalue weighted by Gasteiger charge is 2.31. The van der Waals surface area contributed by atoms with E-state index in [0.717, 1.165) is 5.56 Å². The first-order valence-corrected chi connectivity index (χ1v) is 6.80. The van der Waals surface area contributed by atoms with E-state index >= 15 is 0 Å². The van der Waals surface area contributed by atoms with Gasteiger partial charge in [0.15, 0.2) is 5.78 Å². The number of likely N-dealkylation sites (tertiary alicyclic amines) is 1. The zero-order valence-electron chi connectivity index (χ0n) is 11.6. The lowest BCUT2D eigenvalue weighted by atomic mass is 10.1. The van der Waals surface area contributed by atoms with Crippen molar-refractivity contribution in [3.63, 3.8) is 0 Å². The standard InChI is InChI=1S/C15H19NO4/c1-2-19-15(18)16-9-8-13(17)14(10-16)20-11-12-6-4-3-5-7-12/h3-7,14H,2,8-11H2,1H3/t14-/m1/s1. The van der Waals surface area contributed by atoms with E-state index in [2.05, 4.69) is 0 Å². The topological polar surface area (TPSA) is 55.8 Å². The quantitative estimate of drug-likeness (QED) is 0.844. The summed E-state index contributed by atoms with van der Waals surface area (Å²) in [6, 6.07) is 9.66. The second-order valence-electron chi connectivity index (χ2n) is 4.65. The Kier molecular flexibility index (Phi) is 5.12. The van der Waals surface area contributed by atoms with Crippen LogP contribution in [0.1, 0.15) is 18.9 Å². The lowest BCUT2D eigenvalue weighted by molar-refractivity contribution is -0.136. The van der Waals surface area contributed by atoms with Gasteiger partial charge in [0.2, 0.25) is 0 Å². The molecule has 1 aromatic rings. The fourth-order valence-corrected chi connectivity index (χ4v) is 2.10. The third-order valence-electron chi connectivity index (χ3n) is 3.19. The monoisotopic (exact) mass is 277 g/mol. The molecule has 5 heteroatoms. The fourth-order valence-electron chi connectivity index (χ4n) is 2.10. The zero-order chi connectivity index (χ0) is 14.4. The number of ether oxygens (including phenoxy) is 2. The third kappa shape index (κ3) is 3.81. The van der Waals surface area contributed by atoms with Crippen molar-refractivity contribution < 1.29 is 19.1 Å². The maximum atomic E-state index is 11.8. The van der Waals surface area contributed by atoms with E-state index in [1.807, 2.05) is 30.3 Å². The van der Waals surface area contributed by atoms with E-state index in [1.165, 1.54) is 4.90 Å². The molecule has 1 aromatic carbocycles.